The number of aliphatic hydroxyl groups excluding tert-OH is 1. The van der Waals surface area contributed by atoms with Crippen LogP contribution in [0.4, 0.5) is 0 Å². The van der Waals surface area contributed by atoms with Crippen LogP contribution in [-0.4, -0.2) is 34.7 Å². The highest BCUT2D eigenvalue weighted by Gasteiger charge is 2.19. The van der Waals surface area contributed by atoms with Gasteiger partial charge in [-0.2, -0.15) is 0 Å². The summed E-state index contributed by atoms with van der Waals surface area (Å²) in [5.41, 5.74) is 1.05. The third kappa shape index (κ3) is 3.72. The lowest BCUT2D eigenvalue weighted by molar-refractivity contribution is -0.140. The van der Waals surface area contributed by atoms with Gasteiger partial charge in [0.15, 0.2) is 6.04 Å². The summed E-state index contributed by atoms with van der Waals surface area (Å²) in [5, 5.41) is 20.0. The van der Waals surface area contributed by atoms with Gasteiger partial charge in [0.2, 0.25) is 0 Å². The summed E-state index contributed by atoms with van der Waals surface area (Å²) >= 11 is 5.78. The van der Waals surface area contributed by atoms with Crippen molar-refractivity contribution in [2.24, 2.45) is 0 Å². The quantitative estimate of drug-likeness (QED) is 0.745. The third-order valence-electron chi connectivity index (χ3n) is 2.09. The molecule has 0 unspecified atom stereocenters. The lowest BCUT2D eigenvalue weighted by Crippen LogP contribution is -2.43. The number of hydrogen-bond acceptors (Lipinski definition) is 3. The summed E-state index contributed by atoms with van der Waals surface area (Å²) in [4.78, 5) is 22.3. The Balaban J connectivity index is 2.86. The molecule has 0 heterocycles. The van der Waals surface area contributed by atoms with Gasteiger partial charge < -0.3 is 15.5 Å². The summed E-state index contributed by atoms with van der Waals surface area (Å²) < 4.78 is 0. The number of aliphatic carboxylic acids is 1. The Morgan fingerprint density at radius 1 is 1.41 bits per heavy atom. The first-order valence-electron chi connectivity index (χ1n) is 4.85. The Labute approximate surface area is 103 Å². The molecule has 1 aromatic carbocycles. The molecular weight excluding hydrogens is 246 g/mol. The van der Waals surface area contributed by atoms with Crippen LogP contribution in [0.3, 0.4) is 0 Å². The number of rotatable bonds is 4. The van der Waals surface area contributed by atoms with Gasteiger partial charge in [-0.05, 0) is 30.7 Å². The SMILES string of the molecule is Cc1cc(Cl)cc(C(=O)N[C@H](CO)C(=O)O)c1. The maximum absolute atomic E-state index is 11.7. The fourth-order valence-electron chi connectivity index (χ4n) is 1.29. The van der Waals surface area contributed by atoms with E-state index in [-0.39, 0.29) is 5.56 Å². The van der Waals surface area contributed by atoms with Crippen LogP contribution in [-0.2, 0) is 4.79 Å². The van der Waals surface area contributed by atoms with Crippen LogP contribution in [0.25, 0.3) is 0 Å². The smallest absolute Gasteiger partial charge is 0.328 e. The van der Waals surface area contributed by atoms with E-state index in [9.17, 15) is 9.59 Å². The number of amides is 1. The highest BCUT2D eigenvalue weighted by Crippen LogP contribution is 2.14. The van der Waals surface area contributed by atoms with Crippen molar-refractivity contribution in [2.75, 3.05) is 6.61 Å². The van der Waals surface area contributed by atoms with Crippen molar-refractivity contribution in [3.63, 3.8) is 0 Å². The average molecular weight is 258 g/mol. The molecule has 17 heavy (non-hydrogen) atoms. The maximum atomic E-state index is 11.7. The summed E-state index contributed by atoms with van der Waals surface area (Å²) in [5.74, 6) is -1.88. The van der Waals surface area contributed by atoms with Gasteiger partial charge in [-0.1, -0.05) is 11.6 Å². The van der Waals surface area contributed by atoms with Crippen LogP contribution in [0.1, 0.15) is 15.9 Å². The number of aryl methyl sites for hydroxylation is 1. The van der Waals surface area contributed by atoms with E-state index in [0.29, 0.717) is 5.02 Å². The number of carboxylic acid groups (broad SMARTS) is 1. The molecule has 1 amide bonds. The van der Waals surface area contributed by atoms with E-state index in [1.807, 2.05) is 0 Å². The molecule has 1 atom stereocenters. The highest BCUT2D eigenvalue weighted by molar-refractivity contribution is 6.31. The average Bonchev–Trinajstić information content (AvgIpc) is 2.23. The summed E-state index contributed by atoms with van der Waals surface area (Å²) in [6.07, 6.45) is 0. The monoisotopic (exact) mass is 257 g/mol. The van der Waals surface area contributed by atoms with Crippen molar-refractivity contribution in [2.45, 2.75) is 13.0 Å². The molecule has 5 nitrogen and oxygen atoms in total. The van der Waals surface area contributed by atoms with E-state index in [4.69, 9.17) is 21.8 Å². The largest absolute Gasteiger partial charge is 0.480 e. The molecule has 0 aliphatic rings. The number of hydrogen-bond donors (Lipinski definition) is 3. The predicted molar refractivity (Wildman–Crippen MR) is 62.2 cm³/mol. The van der Waals surface area contributed by atoms with Gasteiger partial charge in [-0.25, -0.2) is 4.79 Å². The van der Waals surface area contributed by atoms with Gasteiger partial charge in [-0.3, -0.25) is 4.79 Å². The van der Waals surface area contributed by atoms with Crippen LogP contribution in [0.15, 0.2) is 18.2 Å². The first-order chi connectivity index (χ1) is 7.93. The fourth-order valence-corrected chi connectivity index (χ4v) is 1.58. The molecule has 0 spiro atoms. The van der Waals surface area contributed by atoms with Gasteiger partial charge in [0, 0.05) is 10.6 Å². The van der Waals surface area contributed by atoms with Gasteiger partial charge >= 0.3 is 5.97 Å². The minimum Gasteiger partial charge on any atom is -0.480 e. The second-order valence-electron chi connectivity index (χ2n) is 3.56. The zero-order chi connectivity index (χ0) is 13.0. The molecule has 0 saturated carbocycles. The van der Waals surface area contributed by atoms with Crippen molar-refractivity contribution < 1.29 is 19.8 Å². The van der Waals surface area contributed by atoms with Crippen molar-refractivity contribution in [3.8, 4) is 0 Å². The maximum Gasteiger partial charge on any atom is 0.328 e. The van der Waals surface area contributed by atoms with Crippen molar-refractivity contribution in [1.29, 1.82) is 0 Å². The van der Waals surface area contributed by atoms with E-state index in [1.54, 1.807) is 19.1 Å². The van der Waals surface area contributed by atoms with Crippen LogP contribution in [0.2, 0.25) is 5.02 Å². The molecule has 0 fully saturated rings. The minimum absolute atomic E-state index is 0.259. The Morgan fingerprint density at radius 2 is 2.06 bits per heavy atom. The van der Waals surface area contributed by atoms with Crippen LogP contribution in [0, 0.1) is 6.92 Å². The number of nitrogens with one attached hydrogen (secondary N) is 1. The Bertz CT molecular complexity index is 427. The van der Waals surface area contributed by atoms with E-state index in [1.165, 1.54) is 6.07 Å². The minimum atomic E-state index is -1.32. The van der Waals surface area contributed by atoms with Crippen LogP contribution < -0.4 is 5.32 Å². The zero-order valence-corrected chi connectivity index (χ0v) is 9.86. The Hall–Kier alpha value is -1.59. The van der Waals surface area contributed by atoms with E-state index in [2.05, 4.69) is 5.32 Å². The molecule has 0 radical (unpaired) electrons. The van der Waals surface area contributed by atoms with E-state index < -0.39 is 24.5 Å². The van der Waals surface area contributed by atoms with Crippen molar-refractivity contribution in [1.82, 2.24) is 5.32 Å². The number of benzene rings is 1. The molecule has 0 saturated heterocycles. The standard InChI is InChI=1S/C11H12ClNO4/c1-6-2-7(4-8(12)3-6)10(15)13-9(5-14)11(16)17/h2-4,9,14H,5H2,1H3,(H,13,15)(H,16,17)/t9-/m1/s1. The van der Waals surface area contributed by atoms with Crippen LogP contribution in [0.5, 0.6) is 0 Å². The second-order valence-corrected chi connectivity index (χ2v) is 4.00. The molecule has 0 aliphatic carbocycles. The first-order valence-corrected chi connectivity index (χ1v) is 5.23. The molecule has 6 heteroatoms. The molecule has 0 bridgehead atoms. The van der Waals surface area contributed by atoms with Crippen molar-refractivity contribution >= 4 is 23.5 Å². The van der Waals surface area contributed by atoms with E-state index in [0.717, 1.165) is 5.56 Å². The lowest BCUT2D eigenvalue weighted by atomic mass is 10.1. The predicted octanol–water partition coefficient (Wildman–Crippen LogP) is 0.824. The molecule has 92 valence electrons. The molecular formula is C11H12ClNO4. The topological polar surface area (TPSA) is 86.6 Å². The van der Waals surface area contributed by atoms with E-state index >= 15 is 0 Å². The number of aliphatic hydroxyl groups is 1. The number of halogens is 1. The molecule has 1 rings (SSSR count). The molecule has 1 aromatic rings. The highest BCUT2D eigenvalue weighted by atomic mass is 35.5. The summed E-state index contributed by atoms with van der Waals surface area (Å²) in [6, 6.07) is 3.37. The van der Waals surface area contributed by atoms with Gasteiger partial charge in [0.05, 0.1) is 6.61 Å². The number of carbonyl (C=O) groups is 2. The summed E-state index contributed by atoms with van der Waals surface area (Å²) in [7, 11) is 0. The lowest BCUT2D eigenvalue weighted by Gasteiger charge is -2.12. The molecule has 3 N–H and O–H groups in total. The van der Waals surface area contributed by atoms with Gasteiger partial charge in [0.1, 0.15) is 0 Å². The summed E-state index contributed by atoms with van der Waals surface area (Å²) in [6.45, 7) is 1.10. The molecule has 0 aliphatic heterocycles. The zero-order valence-electron chi connectivity index (χ0n) is 9.11. The number of carboxylic acids is 1. The fraction of sp³-hybridized carbons (Fsp3) is 0.273. The Morgan fingerprint density at radius 3 is 2.53 bits per heavy atom. The van der Waals surface area contributed by atoms with Crippen LogP contribution >= 0.6 is 11.6 Å². The van der Waals surface area contributed by atoms with Crippen molar-refractivity contribution in [3.05, 3.63) is 34.3 Å². The third-order valence-corrected chi connectivity index (χ3v) is 2.31. The van der Waals surface area contributed by atoms with Gasteiger partial charge in [-0.15, -0.1) is 0 Å². The number of carbonyl (C=O) groups excluding carboxylic acids is 1. The Kier molecular flexibility index (Phi) is 4.48. The normalized spacial score (nSPS) is 11.9. The first kappa shape index (κ1) is 13.5. The second kappa shape index (κ2) is 5.65. The van der Waals surface area contributed by atoms with Gasteiger partial charge in [0.25, 0.3) is 5.91 Å². The molecule has 0 aromatic heterocycles.